The van der Waals surface area contributed by atoms with Crippen molar-refractivity contribution in [3.63, 3.8) is 0 Å². The zero-order valence-electron chi connectivity index (χ0n) is 10.3. The molecule has 2 nitrogen and oxygen atoms in total. The normalized spacial score (nSPS) is 14.1. The number of benzene rings is 1. The van der Waals surface area contributed by atoms with E-state index in [0.717, 1.165) is 12.0 Å². The SMILES string of the molecule is [CH2+][C@@H](Cc1ccc(F)cc1)C[C@H](C)C(=O)OC. The Bertz CT molecular complexity index is 359. The van der Waals surface area contributed by atoms with Gasteiger partial charge in [0.05, 0.1) is 20.0 Å². The first kappa shape index (κ1) is 13.6. The molecule has 1 rings (SSSR count). The lowest BCUT2D eigenvalue weighted by atomic mass is 9.92. The highest BCUT2D eigenvalue weighted by molar-refractivity contribution is 5.71. The van der Waals surface area contributed by atoms with E-state index in [-0.39, 0.29) is 23.6 Å². The molecule has 0 N–H and O–H groups in total. The Morgan fingerprint density at radius 1 is 1.41 bits per heavy atom. The van der Waals surface area contributed by atoms with E-state index in [4.69, 9.17) is 0 Å². The van der Waals surface area contributed by atoms with Crippen LogP contribution in [0.2, 0.25) is 0 Å². The lowest BCUT2D eigenvalue weighted by Crippen LogP contribution is -2.16. The molecule has 0 saturated carbocycles. The summed E-state index contributed by atoms with van der Waals surface area (Å²) in [5.74, 6) is -0.479. The van der Waals surface area contributed by atoms with Gasteiger partial charge in [-0.15, -0.1) is 0 Å². The molecule has 1 aromatic carbocycles. The van der Waals surface area contributed by atoms with Gasteiger partial charge in [-0.1, -0.05) is 19.1 Å². The molecule has 0 radical (unpaired) electrons. The fourth-order valence-electron chi connectivity index (χ4n) is 1.83. The van der Waals surface area contributed by atoms with Crippen molar-refractivity contribution in [2.24, 2.45) is 11.8 Å². The number of esters is 1. The van der Waals surface area contributed by atoms with Gasteiger partial charge in [0.15, 0.2) is 0 Å². The van der Waals surface area contributed by atoms with Crippen LogP contribution < -0.4 is 0 Å². The highest BCUT2D eigenvalue weighted by atomic mass is 19.1. The van der Waals surface area contributed by atoms with Crippen LogP contribution in [0.1, 0.15) is 18.9 Å². The van der Waals surface area contributed by atoms with E-state index in [1.807, 2.05) is 6.92 Å². The second kappa shape index (κ2) is 6.28. The maximum absolute atomic E-state index is 12.7. The van der Waals surface area contributed by atoms with Gasteiger partial charge in [-0.2, -0.15) is 0 Å². The van der Waals surface area contributed by atoms with Crippen LogP contribution in [0.5, 0.6) is 0 Å². The van der Waals surface area contributed by atoms with E-state index in [0.29, 0.717) is 6.42 Å². The second-order valence-electron chi connectivity index (χ2n) is 4.36. The maximum atomic E-state index is 12.7. The predicted octanol–water partition coefficient (Wildman–Crippen LogP) is 3.02. The van der Waals surface area contributed by atoms with Gasteiger partial charge in [0.1, 0.15) is 11.7 Å². The molecule has 92 valence electrons. The Morgan fingerprint density at radius 2 is 2.00 bits per heavy atom. The summed E-state index contributed by atoms with van der Waals surface area (Å²) in [5, 5.41) is 0. The van der Waals surface area contributed by atoms with Gasteiger partial charge in [-0.25, -0.2) is 4.39 Å². The predicted molar refractivity (Wildman–Crippen MR) is 64.7 cm³/mol. The van der Waals surface area contributed by atoms with Crippen LogP contribution in [-0.2, 0) is 16.0 Å². The van der Waals surface area contributed by atoms with E-state index in [9.17, 15) is 9.18 Å². The van der Waals surface area contributed by atoms with Crippen molar-refractivity contribution < 1.29 is 13.9 Å². The average molecular weight is 237 g/mol. The Hall–Kier alpha value is -1.51. The summed E-state index contributed by atoms with van der Waals surface area (Å²) in [6, 6.07) is 6.37. The summed E-state index contributed by atoms with van der Waals surface area (Å²) in [7, 11) is 1.39. The molecule has 0 aromatic heterocycles. The average Bonchev–Trinajstić information content (AvgIpc) is 2.30. The van der Waals surface area contributed by atoms with Gasteiger partial charge >= 0.3 is 5.97 Å². The highest BCUT2D eigenvalue weighted by Crippen LogP contribution is 2.17. The van der Waals surface area contributed by atoms with Crippen LogP contribution in [0, 0.1) is 24.6 Å². The van der Waals surface area contributed by atoms with Crippen molar-refractivity contribution >= 4 is 5.97 Å². The number of carbonyl (C=O) groups is 1. The van der Waals surface area contributed by atoms with E-state index >= 15 is 0 Å². The fourth-order valence-corrected chi connectivity index (χ4v) is 1.83. The minimum absolute atomic E-state index is 0.120. The number of rotatable bonds is 5. The Morgan fingerprint density at radius 3 is 2.53 bits per heavy atom. The van der Waals surface area contributed by atoms with Crippen LogP contribution in [0.4, 0.5) is 4.39 Å². The standard InChI is InChI=1S/C14H18FO2/c1-10(8-11(2)14(16)17-3)9-12-4-6-13(15)7-5-12/h4-7,10-11H,1,8-9H2,2-3H3/q+1/t10-,11+/m1/s1. The van der Waals surface area contributed by atoms with Crippen molar-refractivity contribution in [1.29, 1.82) is 0 Å². The summed E-state index contributed by atoms with van der Waals surface area (Å²) in [6.45, 7) is 5.84. The quantitative estimate of drug-likeness (QED) is 0.581. The molecule has 0 spiro atoms. The van der Waals surface area contributed by atoms with Gasteiger partial charge in [0.25, 0.3) is 0 Å². The number of ether oxygens (including phenoxy) is 1. The molecule has 0 unspecified atom stereocenters. The van der Waals surface area contributed by atoms with Crippen molar-refractivity contribution in [3.8, 4) is 0 Å². The smallest absolute Gasteiger partial charge is 0.308 e. The summed E-state index contributed by atoms with van der Waals surface area (Å²) in [4.78, 5) is 11.2. The zero-order chi connectivity index (χ0) is 12.8. The molecule has 0 aliphatic heterocycles. The molecule has 0 aliphatic carbocycles. The Balaban J connectivity index is 2.46. The highest BCUT2D eigenvalue weighted by Gasteiger charge is 2.20. The molecular formula is C14H18FO2+. The third kappa shape index (κ3) is 4.47. The molecule has 0 amide bonds. The minimum Gasteiger partial charge on any atom is -0.469 e. The number of hydrogen-bond donors (Lipinski definition) is 0. The van der Waals surface area contributed by atoms with Crippen LogP contribution >= 0.6 is 0 Å². The summed E-state index contributed by atoms with van der Waals surface area (Å²) in [6.07, 6.45) is 1.41. The molecule has 0 fully saturated rings. The Labute approximate surface area is 102 Å². The van der Waals surface area contributed by atoms with Gasteiger partial charge < -0.3 is 4.74 Å². The van der Waals surface area contributed by atoms with Gasteiger partial charge in [0, 0.05) is 12.8 Å². The van der Waals surface area contributed by atoms with E-state index in [2.05, 4.69) is 11.7 Å². The molecular weight excluding hydrogens is 219 g/mol. The molecule has 3 heteroatoms. The second-order valence-corrected chi connectivity index (χ2v) is 4.36. The van der Waals surface area contributed by atoms with Crippen LogP contribution in [-0.4, -0.2) is 13.1 Å². The monoisotopic (exact) mass is 237 g/mol. The van der Waals surface area contributed by atoms with Gasteiger partial charge in [-0.05, 0) is 17.7 Å². The number of carbonyl (C=O) groups excluding carboxylic acids is 1. The lowest BCUT2D eigenvalue weighted by Gasteiger charge is -2.11. The van der Waals surface area contributed by atoms with Crippen LogP contribution in [0.25, 0.3) is 0 Å². The minimum atomic E-state index is -0.239. The molecule has 0 bridgehead atoms. The molecule has 0 aliphatic rings. The van der Waals surface area contributed by atoms with Crippen LogP contribution in [0.3, 0.4) is 0 Å². The summed E-state index contributed by atoms with van der Waals surface area (Å²) < 4.78 is 17.4. The topological polar surface area (TPSA) is 26.3 Å². The molecule has 2 atom stereocenters. The first-order valence-electron chi connectivity index (χ1n) is 5.68. The van der Waals surface area contributed by atoms with Crippen molar-refractivity contribution in [1.82, 2.24) is 0 Å². The first-order valence-corrected chi connectivity index (χ1v) is 5.68. The summed E-state index contributed by atoms with van der Waals surface area (Å²) in [5.41, 5.74) is 1.03. The third-order valence-electron chi connectivity index (χ3n) is 2.73. The third-order valence-corrected chi connectivity index (χ3v) is 2.73. The van der Waals surface area contributed by atoms with E-state index in [1.54, 1.807) is 12.1 Å². The number of halogens is 1. The molecule has 0 heterocycles. The summed E-state index contributed by atoms with van der Waals surface area (Å²) >= 11 is 0. The maximum Gasteiger partial charge on any atom is 0.308 e. The van der Waals surface area contributed by atoms with Crippen molar-refractivity contribution in [2.45, 2.75) is 19.8 Å². The van der Waals surface area contributed by atoms with E-state index in [1.165, 1.54) is 19.2 Å². The lowest BCUT2D eigenvalue weighted by molar-refractivity contribution is -0.145. The van der Waals surface area contributed by atoms with Crippen molar-refractivity contribution in [3.05, 3.63) is 42.6 Å². The number of methoxy groups -OCH3 is 1. The fraction of sp³-hybridized carbons (Fsp3) is 0.429. The van der Waals surface area contributed by atoms with Crippen molar-refractivity contribution in [2.75, 3.05) is 7.11 Å². The number of hydrogen-bond acceptors (Lipinski definition) is 2. The molecule has 17 heavy (non-hydrogen) atoms. The van der Waals surface area contributed by atoms with Gasteiger partial charge in [0.2, 0.25) is 0 Å². The van der Waals surface area contributed by atoms with Crippen LogP contribution in [0.15, 0.2) is 24.3 Å². The Kier molecular flexibility index (Phi) is 5.01. The van der Waals surface area contributed by atoms with Gasteiger partial charge in [-0.3, -0.25) is 4.79 Å². The van der Waals surface area contributed by atoms with E-state index < -0.39 is 0 Å². The molecule has 0 saturated heterocycles. The largest absolute Gasteiger partial charge is 0.469 e. The molecule has 1 aromatic rings. The first-order chi connectivity index (χ1) is 8.02. The zero-order valence-corrected chi connectivity index (χ0v) is 10.3.